The molecule has 0 saturated carbocycles. The molecule has 0 saturated heterocycles. The molecule has 0 aromatic carbocycles. The second-order valence-corrected chi connectivity index (χ2v) is 3.59. The van der Waals surface area contributed by atoms with Crippen LogP contribution in [0.15, 0.2) is 12.3 Å². The van der Waals surface area contributed by atoms with Crippen molar-refractivity contribution in [2.45, 2.75) is 39.0 Å². The number of hydrogen-bond acceptors (Lipinski definition) is 1. The van der Waals surface area contributed by atoms with Crippen molar-refractivity contribution in [3.05, 3.63) is 18.0 Å². The fourth-order valence-corrected chi connectivity index (χ4v) is 1.39. The van der Waals surface area contributed by atoms with Crippen molar-refractivity contribution < 1.29 is 0 Å². The molecule has 1 aromatic heterocycles. The smallest absolute Gasteiger partial charge is 0.0678 e. The summed E-state index contributed by atoms with van der Waals surface area (Å²) in [6.45, 7) is 6.66. The monoisotopic (exact) mass is 152 g/mol. The van der Waals surface area contributed by atoms with Crippen LogP contribution in [0.1, 0.15) is 39.3 Å². The number of nitrogens with zero attached hydrogens (tertiary/aromatic N) is 1. The average Bonchev–Trinajstić information content (AvgIpc) is 2.37. The Labute approximate surface area is 68.0 Å². The van der Waals surface area contributed by atoms with E-state index in [-0.39, 0.29) is 5.41 Å². The summed E-state index contributed by atoms with van der Waals surface area (Å²) in [4.78, 5) is 0. The van der Waals surface area contributed by atoms with E-state index in [0.29, 0.717) is 0 Å². The Bertz CT molecular complexity index is 199. The van der Waals surface area contributed by atoms with E-state index < -0.39 is 0 Å². The molecule has 0 aliphatic heterocycles. The number of rotatable bonds is 3. The topological polar surface area (TPSA) is 28.7 Å². The summed E-state index contributed by atoms with van der Waals surface area (Å²) in [5, 5.41) is 7.03. The highest BCUT2D eigenvalue weighted by atomic mass is 15.1. The van der Waals surface area contributed by atoms with Crippen LogP contribution in [-0.4, -0.2) is 10.2 Å². The zero-order chi connectivity index (χ0) is 8.32. The molecule has 2 heteroatoms. The quantitative estimate of drug-likeness (QED) is 0.708. The van der Waals surface area contributed by atoms with E-state index in [4.69, 9.17) is 0 Å². The fraction of sp³-hybridized carbons (Fsp3) is 0.667. The predicted molar refractivity (Wildman–Crippen MR) is 46.5 cm³/mol. The van der Waals surface area contributed by atoms with Crippen molar-refractivity contribution >= 4 is 0 Å². The van der Waals surface area contributed by atoms with Gasteiger partial charge in [-0.05, 0) is 12.5 Å². The molecular weight excluding hydrogens is 136 g/mol. The van der Waals surface area contributed by atoms with Gasteiger partial charge in [-0.1, -0.05) is 27.2 Å². The van der Waals surface area contributed by atoms with Gasteiger partial charge in [0.1, 0.15) is 0 Å². The van der Waals surface area contributed by atoms with E-state index in [2.05, 4.69) is 37.0 Å². The summed E-state index contributed by atoms with van der Waals surface area (Å²) < 4.78 is 0. The van der Waals surface area contributed by atoms with Crippen LogP contribution in [-0.2, 0) is 5.41 Å². The van der Waals surface area contributed by atoms with E-state index in [9.17, 15) is 0 Å². The van der Waals surface area contributed by atoms with Crippen molar-refractivity contribution in [1.29, 1.82) is 0 Å². The van der Waals surface area contributed by atoms with Crippen molar-refractivity contribution in [3.63, 3.8) is 0 Å². The first-order valence-corrected chi connectivity index (χ1v) is 4.17. The molecule has 0 spiro atoms. The van der Waals surface area contributed by atoms with Gasteiger partial charge in [0.2, 0.25) is 0 Å². The molecule has 1 aromatic rings. The molecule has 62 valence electrons. The number of nitrogens with one attached hydrogen (secondary N) is 1. The maximum absolute atomic E-state index is 4.18. The number of aromatic nitrogens is 2. The molecule has 0 aliphatic rings. The second-order valence-electron chi connectivity index (χ2n) is 3.59. The third-order valence-electron chi connectivity index (χ3n) is 2.07. The fourth-order valence-electron chi connectivity index (χ4n) is 1.39. The van der Waals surface area contributed by atoms with Crippen LogP contribution in [0.2, 0.25) is 0 Å². The molecule has 0 amide bonds. The molecule has 0 fully saturated rings. The lowest BCUT2D eigenvalue weighted by atomic mass is 9.85. The van der Waals surface area contributed by atoms with Crippen LogP contribution >= 0.6 is 0 Å². The molecule has 0 unspecified atom stereocenters. The Kier molecular flexibility index (Phi) is 2.32. The Morgan fingerprint density at radius 1 is 1.55 bits per heavy atom. The molecule has 0 bridgehead atoms. The third-order valence-corrected chi connectivity index (χ3v) is 2.07. The van der Waals surface area contributed by atoms with E-state index in [1.807, 2.05) is 6.20 Å². The molecule has 2 nitrogen and oxygen atoms in total. The lowest BCUT2D eigenvalue weighted by Crippen LogP contribution is -2.16. The minimum absolute atomic E-state index is 0.231. The summed E-state index contributed by atoms with van der Waals surface area (Å²) in [6.07, 6.45) is 4.28. The van der Waals surface area contributed by atoms with Crippen LogP contribution in [0, 0.1) is 0 Å². The molecule has 0 aliphatic carbocycles. The van der Waals surface area contributed by atoms with Crippen molar-refractivity contribution in [1.82, 2.24) is 10.2 Å². The highest BCUT2D eigenvalue weighted by Gasteiger charge is 2.20. The largest absolute Gasteiger partial charge is 0.285 e. The highest BCUT2D eigenvalue weighted by Crippen LogP contribution is 2.25. The standard InChI is InChI=1S/C9H16N2/c1-4-6-9(2,3)8-5-7-10-11-8/h5,7H,4,6H2,1-3H3,(H,10,11). The minimum Gasteiger partial charge on any atom is -0.285 e. The number of aromatic amines is 1. The van der Waals surface area contributed by atoms with Gasteiger partial charge < -0.3 is 0 Å². The van der Waals surface area contributed by atoms with Crippen molar-refractivity contribution in [2.75, 3.05) is 0 Å². The molecule has 0 radical (unpaired) electrons. The molecule has 1 heterocycles. The zero-order valence-electron chi connectivity index (χ0n) is 7.52. The second kappa shape index (κ2) is 3.07. The summed E-state index contributed by atoms with van der Waals surface area (Å²) >= 11 is 0. The highest BCUT2D eigenvalue weighted by molar-refractivity contribution is 5.10. The predicted octanol–water partition coefficient (Wildman–Crippen LogP) is 2.49. The van der Waals surface area contributed by atoms with E-state index >= 15 is 0 Å². The first-order valence-electron chi connectivity index (χ1n) is 4.17. The molecule has 1 N–H and O–H groups in total. The van der Waals surface area contributed by atoms with E-state index in [1.54, 1.807) is 0 Å². The number of H-pyrrole nitrogens is 1. The van der Waals surface area contributed by atoms with Gasteiger partial charge in [-0.2, -0.15) is 5.10 Å². The van der Waals surface area contributed by atoms with Crippen LogP contribution in [0.3, 0.4) is 0 Å². The van der Waals surface area contributed by atoms with E-state index in [1.165, 1.54) is 18.5 Å². The van der Waals surface area contributed by atoms with Gasteiger partial charge >= 0.3 is 0 Å². The summed E-state index contributed by atoms with van der Waals surface area (Å²) in [7, 11) is 0. The van der Waals surface area contributed by atoms with Gasteiger partial charge in [0.25, 0.3) is 0 Å². The van der Waals surface area contributed by atoms with Crippen LogP contribution < -0.4 is 0 Å². The Morgan fingerprint density at radius 3 is 2.73 bits per heavy atom. The first kappa shape index (κ1) is 8.31. The Balaban J connectivity index is 2.73. The summed E-state index contributed by atoms with van der Waals surface area (Å²) in [5.41, 5.74) is 1.40. The number of hydrogen-bond donors (Lipinski definition) is 1. The summed E-state index contributed by atoms with van der Waals surface area (Å²) in [6, 6.07) is 2.05. The summed E-state index contributed by atoms with van der Waals surface area (Å²) in [5.74, 6) is 0. The maximum Gasteiger partial charge on any atom is 0.0678 e. The first-order chi connectivity index (χ1) is 5.17. The normalized spacial score (nSPS) is 11.9. The van der Waals surface area contributed by atoms with Crippen LogP contribution in [0.5, 0.6) is 0 Å². The molecule has 1 rings (SSSR count). The molecule has 0 atom stereocenters. The molecular formula is C9H16N2. The third kappa shape index (κ3) is 1.82. The van der Waals surface area contributed by atoms with Gasteiger partial charge in [0.05, 0.1) is 5.69 Å². The minimum atomic E-state index is 0.231. The van der Waals surface area contributed by atoms with Crippen LogP contribution in [0.25, 0.3) is 0 Å². The van der Waals surface area contributed by atoms with Gasteiger partial charge in [0.15, 0.2) is 0 Å². The SMILES string of the molecule is CCCC(C)(C)c1cc[nH]n1. The van der Waals surface area contributed by atoms with Gasteiger partial charge in [-0.25, -0.2) is 0 Å². The zero-order valence-corrected chi connectivity index (χ0v) is 7.52. The van der Waals surface area contributed by atoms with Gasteiger partial charge in [-0.3, -0.25) is 5.10 Å². The van der Waals surface area contributed by atoms with Crippen LogP contribution in [0.4, 0.5) is 0 Å². The van der Waals surface area contributed by atoms with E-state index in [0.717, 1.165) is 0 Å². The Hall–Kier alpha value is -0.790. The van der Waals surface area contributed by atoms with Crippen molar-refractivity contribution in [2.24, 2.45) is 0 Å². The van der Waals surface area contributed by atoms with Gasteiger partial charge in [0, 0.05) is 11.6 Å². The maximum atomic E-state index is 4.18. The Morgan fingerprint density at radius 2 is 2.27 bits per heavy atom. The van der Waals surface area contributed by atoms with Gasteiger partial charge in [-0.15, -0.1) is 0 Å². The molecule has 11 heavy (non-hydrogen) atoms. The lowest BCUT2D eigenvalue weighted by molar-refractivity contribution is 0.458. The van der Waals surface area contributed by atoms with Crippen molar-refractivity contribution in [3.8, 4) is 0 Å². The average molecular weight is 152 g/mol. The lowest BCUT2D eigenvalue weighted by Gasteiger charge is -2.20.